The SMILES string of the molecule is c1ccc(C2=C(c3ccccc3)C3(c4ccccc42)c2ccccc2-c2ccccc23)cc1. The minimum Gasteiger partial charge on any atom is -0.0622 e. The second-order valence-corrected chi connectivity index (χ2v) is 8.87. The average Bonchev–Trinajstić information content (AvgIpc) is 3.37. The van der Waals surface area contributed by atoms with Crippen LogP contribution in [0.3, 0.4) is 0 Å². The van der Waals surface area contributed by atoms with Gasteiger partial charge in [-0.2, -0.15) is 0 Å². The fraction of sp³-hybridized carbons (Fsp3) is 0.0303. The second-order valence-electron chi connectivity index (χ2n) is 8.87. The molecule has 0 aliphatic heterocycles. The molecule has 0 heteroatoms. The van der Waals surface area contributed by atoms with Crippen LogP contribution in [-0.2, 0) is 5.41 Å². The van der Waals surface area contributed by atoms with Gasteiger partial charge in [0.2, 0.25) is 0 Å². The van der Waals surface area contributed by atoms with Crippen LogP contribution in [-0.4, -0.2) is 0 Å². The van der Waals surface area contributed by atoms with Gasteiger partial charge in [0.15, 0.2) is 0 Å². The number of allylic oxidation sites excluding steroid dienone is 1. The highest BCUT2D eigenvalue weighted by molar-refractivity contribution is 6.13. The molecule has 0 unspecified atom stereocenters. The molecule has 0 radical (unpaired) electrons. The summed E-state index contributed by atoms with van der Waals surface area (Å²) in [5.41, 5.74) is 13.1. The Kier molecular flexibility index (Phi) is 3.86. The van der Waals surface area contributed by atoms with Crippen LogP contribution in [0, 0.1) is 0 Å². The molecule has 2 aliphatic carbocycles. The maximum atomic E-state index is 2.34. The van der Waals surface area contributed by atoms with Gasteiger partial charge in [-0.05, 0) is 55.7 Å². The number of rotatable bonds is 2. The fourth-order valence-electron chi connectivity index (χ4n) is 6.15. The molecule has 5 aromatic rings. The van der Waals surface area contributed by atoms with Gasteiger partial charge in [-0.25, -0.2) is 0 Å². The van der Waals surface area contributed by atoms with Gasteiger partial charge in [0, 0.05) is 0 Å². The third-order valence-corrected chi connectivity index (χ3v) is 7.30. The summed E-state index contributed by atoms with van der Waals surface area (Å²) < 4.78 is 0. The van der Waals surface area contributed by atoms with E-state index in [1.165, 1.54) is 55.7 Å². The molecule has 5 aromatic carbocycles. The van der Waals surface area contributed by atoms with E-state index in [0.717, 1.165) is 0 Å². The number of benzene rings is 5. The third-order valence-electron chi connectivity index (χ3n) is 7.30. The van der Waals surface area contributed by atoms with E-state index in [0.29, 0.717) is 0 Å². The molecule has 2 aliphatic rings. The molecule has 154 valence electrons. The largest absolute Gasteiger partial charge is 0.0731 e. The monoisotopic (exact) mass is 418 g/mol. The summed E-state index contributed by atoms with van der Waals surface area (Å²) in [6, 6.07) is 48.9. The zero-order valence-electron chi connectivity index (χ0n) is 18.2. The Morgan fingerprint density at radius 1 is 0.333 bits per heavy atom. The Bertz CT molecular complexity index is 1490. The lowest BCUT2D eigenvalue weighted by Gasteiger charge is -2.33. The summed E-state index contributed by atoms with van der Waals surface area (Å²) in [5, 5.41) is 0. The fourth-order valence-corrected chi connectivity index (χ4v) is 6.15. The number of hydrogen-bond acceptors (Lipinski definition) is 0. The van der Waals surface area contributed by atoms with E-state index < -0.39 is 0 Å². The molecule has 33 heavy (non-hydrogen) atoms. The number of hydrogen-bond donors (Lipinski definition) is 0. The molecule has 0 atom stereocenters. The molecular formula is C33H22. The highest BCUT2D eigenvalue weighted by atomic mass is 14.5. The van der Waals surface area contributed by atoms with E-state index >= 15 is 0 Å². The van der Waals surface area contributed by atoms with Crippen LogP contribution in [0.4, 0.5) is 0 Å². The van der Waals surface area contributed by atoms with Gasteiger partial charge in [0.05, 0.1) is 5.41 Å². The van der Waals surface area contributed by atoms with Crippen molar-refractivity contribution in [1.29, 1.82) is 0 Å². The van der Waals surface area contributed by atoms with E-state index in [9.17, 15) is 0 Å². The van der Waals surface area contributed by atoms with Crippen molar-refractivity contribution in [1.82, 2.24) is 0 Å². The Labute approximate surface area is 194 Å². The van der Waals surface area contributed by atoms with Gasteiger partial charge < -0.3 is 0 Å². The highest BCUT2D eigenvalue weighted by Crippen LogP contribution is 2.65. The Morgan fingerprint density at radius 3 is 1.27 bits per heavy atom. The van der Waals surface area contributed by atoms with Crippen molar-refractivity contribution >= 4 is 11.1 Å². The van der Waals surface area contributed by atoms with Gasteiger partial charge in [-0.3, -0.25) is 0 Å². The molecule has 0 bridgehead atoms. The van der Waals surface area contributed by atoms with Crippen molar-refractivity contribution in [3.05, 3.63) is 167 Å². The summed E-state index contributed by atoms with van der Waals surface area (Å²) in [6.07, 6.45) is 0. The zero-order chi connectivity index (χ0) is 21.8. The molecule has 0 N–H and O–H groups in total. The molecular weight excluding hydrogens is 396 g/mol. The predicted molar refractivity (Wildman–Crippen MR) is 137 cm³/mol. The predicted octanol–water partition coefficient (Wildman–Crippen LogP) is 7.97. The summed E-state index contributed by atoms with van der Waals surface area (Å²) in [7, 11) is 0. The van der Waals surface area contributed by atoms with Gasteiger partial charge >= 0.3 is 0 Å². The van der Waals surface area contributed by atoms with E-state index in [1.807, 2.05) is 0 Å². The van der Waals surface area contributed by atoms with E-state index in [2.05, 4.69) is 133 Å². The van der Waals surface area contributed by atoms with Gasteiger partial charge in [-0.1, -0.05) is 133 Å². The lowest BCUT2D eigenvalue weighted by Crippen LogP contribution is -2.26. The summed E-state index contributed by atoms with van der Waals surface area (Å²) in [6.45, 7) is 0. The Balaban J connectivity index is 1.73. The van der Waals surface area contributed by atoms with Crippen LogP contribution >= 0.6 is 0 Å². The molecule has 7 rings (SSSR count). The smallest absolute Gasteiger partial charge is 0.0622 e. The van der Waals surface area contributed by atoms with Crippen molar-refractivity contribution < 1.29 is 0 Å². The lowest BCUT2D eigenvalue weighted by atomic mass is 9.68. The van der Waals surface area contributed by atoms with Crippen molar-refractivity contribution in [3.8, 4) is 11.1 Å². The van der Waals surface area contributed by atoms with Crippen LogP contribution in [0.1, 0.15) is 33.4 Å². The minimum absolute atomic E-state index is 0.337. The highest BCUT2D eigenvalue weighted by Gasteiger charge is 2.53. The second kappa shape index (κ2) is 6.92. The van der Waals surface area contributed by atoms with E-state index in [4.69, 9.17) is 0 Å². The molecule has 1 spiro atoms. The first-order valence-corrected chi connectivity index (χ1v) is 11.6. The van der Waals surface area contributed by atoms with Crippen LogP contribution in [0.15, 0.2) is 133 Å². The Hall–Kier alpha value is -4.16. The van der Waals surface area contributed by atoms with Crippen LogP contribution in [0.2, 0.25) is 0 Å². The molecule has 0 saturated heterocycles. The molecule has 0 fully saturated rings. The first-order valence-electron chi connectivity index (χ1n) is 11.6. The molecule has 0 amide bonds. The topological polar surface area (TPSA) is 0 Å². The summed E-state index contributed by atoms with van der Waals surface area (Å²) >= 11 is 0. The first kappa shape index (κ1) is 18.4. The maximum Gasteiger partial charge on any atom is 0.0731 e. The van der Waals surface area contributed by atoms with Crippen molar-refractivity contribution in [2.45, 2.75) is 5.41 Å². The lowest BCUT2D eigenvalue weighted by molar-refractivity contribution is 0.842. The summed E-state index contributed by atoms with van der Waals surface area (Å²) in [4.78, 5) is 0. The standard InChI is InChI=1S/C33H22/c1-3-13-23(14-4-1)31-27-19-9-12-22-30(27)33(32(31)24-15-5-2-6-16-24)28-20-10-7-17-25(28)26-18-8-11-21-29(26)33/h1-22H. The molecule has 0 heterocycles. The molecule has 0 saturated carbocycles. The van der Waals surface area contributed by atoms with Crippen molar-refractivity contribution in [2.24, 2.45) is 0 Å². The van der Waals surface area contributed by atoms with Crippen molar-refractivity contribution in [3.63, 3.8) is 0 Å². The van der Waals surface area contributed by atoms with Crippen LogP contribution in [0.25, 0.3) is 22.3 Å². The Morgan fingerprint density at radius 2 is 0.727 bits per heavy atom. The first-order chi connectivity index (χ1) is 16.4. The van der Waals surface area contributed by atoms with Gasteiger partial charge in [0.1, 0.15) is 0 Å². The summed E-state index contributed by atoms with van der Waals surface area (Å²) in [5.74, 6) is 0. The normalized spacial score (nSPS) is 14.8. The van der Waals surface area contributed by atoms with Crippen LogP contribution in [0.5, 0.6) is 0 Å². The third kappa shape index (κ3) is 2.36. The molecule has 0 aromatic heterocycles. The van der Waals surface area contributed by atoms with E-state index in [1.54, 1.807) is 0 Å². The minimum atomic E-state index is -0.337. The van der Waals surface area contributed by atoms with Gasteiger partial charge in [0.25, 0.3) is 0 Å². The number of fused-ring (bicyclic) bond motifs is 7. The van der Waals surface area contributed by atoms with Gasteiger partial charge in [-0.15, -0.1) is 0 Å². The van der Waals surface area contributed by atoms with Crippen LogP contribution < -0.4 is 0 Å². The van der Waals surface area contributed by atoms with Crippen molar-refractivity contribution in [2.75, 3.05) is 0 Å². The maximum absolute atomic E-state index is 2.34. The molecule has 0 nitrogen and oxygen atoms in total. The average molecular weight is 419 g/mol. The quantitative estimate of drug-likeness (QED) is 0.273. The zero-order valence-corrected chi connectivity index (χ0v) is 18.2. The van der Waals surface area contributed by atoms with E-state index in [-0.39, 0.29) is 5.41 Å².